The molecule has 1 unspecified atom stereocenters. The fraction of sp³-hybridized carbons (Fsp3) is 0.900. The number of likely N-dealkylation sites (N-methyl/N-ethyl adjacent to an activating group) is 1. The van der Waals surface area contributed by atoms with E-state index >= 15 is 0 Å². The number of carbonyl (C=O) groups excluding carboxylic acids is 1. The maximum Gasteiger partial charge on any atom is 0.238 e. The highest BCUT2D eigenvalue weighted by Crippen LogP contribution is 1.99. The van der Waals surface area contributed by atoms with Crippen LogP contribution < -0.4 is 5.32 Å². The molecule has 0 saturated carbocycles. The summed E-state index contributed by atoms with van der Waals surface area (Å²) in [5.41, 5.74) is 0. The summed E-state index contributed by atoms with van der Waals surface area (Å²) in [5.74, 6) is 2.49. The van der Waals surface area contributed by atoms with Gasteiger partial charge in [-0.25, -0.2) is 0 Å². The van der Waals surface area contributed by atoms with Crippen molar-refractivity contribution in [3.63, 3.8) is 0 Å². The molecule has 0 aromatic carbocycles. The lowest BCUT2D eigenvalue weighted by molar-refractivity contribution is -0.130. The predicted octanol–water partition coefficient (Wildman–Crippen LogP) is 1.20. The summed E-state index contributed by atoms with van der Waals surface area (Å²) in [7, 11) is 3.57. The van der Waals surface area contributed by atoms with Crippen LogP contribution in [-0.4, -0.2) is 49.0 Å². The van der Waals surface area contributed by atoms with Gasteiger partial charge in [-0.15, -0.1) is 0 Å². The van der Waals surface area contributed by atoms with E-state index in [1.165, 1.54) is 11.5 Å². The van der Waals surface area contributed by atoms with Crippen LogP contribution >= 0.6 is 11.8 Å². The van der Waals surface area contributed by atoms with Crippen molar-refractivity contribution in [3.05, 3.63) is 0 Å². The summed E-state index contributed by atoms with van der Waals surface area (Å²) in [6, 6.07) is -0.0587. The van der Waals surface area contributed by atoms with Crippen molar-refractivity contribution in [2.75, 3.05) is 32.1 Å². The Morgan fingerprint density at radius 2 is 2.14 bits per heavy atom. The number of amides is 1. The molecule has 0 saturated heterocycles. The van der Waals surface area contributed by atoms with Gasteiger partial charge >= 0.3 is 0 Å². The molecule has 4 heteroatoms. The smallest absolute Gasteiger partial charge is 0.238 e. The van der Waals surface area contributed by atoms with Gasteiger partial charge in [-0.05, 0) is 31.4 Å². The second-order valence-corrected chi connectivity index (χ2v) is 4.85. The quantitative estimate of drug-likeness (QED) is 0.652. The van der Waals surface area contributed by atoms with Gasteiger partial charge in [-0.3, -0.25) is 4.79 Å². The minimum Gasteiger partial charge on any atom is -0.347 e. The number of nitrogens with one attached hydrogen (secondary N) is 1. The Balaban J connectivity index is 3.44. The molecular weight excluding hydrogens is 196 g/mol. The van der Waals surface area contributed by atoms with Crippen molar-refractivity contribution in [3.8, 4) is 0 Å². The van der Waals surface area contributed by atoms with Crippen molar-refractivity contribution in [2.24, 2.45) is 0 Å². The summed E-state index contributed by atoms with van der Waals surface area (Å²) in [6.07, 6.45) is 1.13. The fourth-order valence-electron chi connectivity index (χ4n) is 1.11. The molecule has 0 aliphatic carbocycles. The second-order valence-electron chi connectivity index (χ2n) is 3.46. The van der Waals surface area contributed by atoms with E-state index in [0.29, 0.717) is 0 Å². The summed E-state index contributed by atoms with van der Waals surface area (Å²) in [5, 5.41) is 3.22. The van der Waals surface area contributed by atoms with Crippen molar-refractivity contribution < 1.29 is 4.79 Å². The van der Waals surface area contributed by atoms with Crippen LogP contribution in [0.3, 0.4) is 0 Å². The number of rotatable bonds is 7. The Morgan fingerprint density at radius 3 is 2.64 bits per heavy atom. The molecule has 84 valence electrons. The van der Waals surface area contributed by atoms with Crippen LogP contribution in [0.15, 0.2) is 0 Å². The molecule has 0 fully saturated rings. The molecule has 0 aliphatic rings. The molecule has 1 atom stereocenters. The minimum absolute atomic E-state index is 0.0587. The molecule has 0 heterocycles. The maximum absolute atomic E-state index is 11.4. The third-order valence-corrected chi connectivity index (χ3v) is 2.92. The number of hydrogen-bond donors (Lipinski definition) is 1. The molecule has 0 aromatic heterocycles. The molecule has 14 heavy (non-hydrogen) atoms. The van der Waals surface area contributed by atoms with Crippen molar-refractivity contribution in [1.82, 2.24) is 10.2 Å². The first-order chi connectivity index (χ1) is 6.59. The van der Waals surface area contributed by atoms with Gasteiger partial charge < -0.3 is 10.2 Å². The van der Waals surface area contributed by atoms with E-state index < -0.39 is 0 Å². The zero-order valence-corrected chi connectivity index (χ0v) is 10.5. The minimum atomic E-state index is -0.0587. The van der Waals surface area contributed by atoms with Crippen molar-refractivity contribution in [1.29, 1.82) is 0 Å². The lowest BCUT2D eigenvalue weighted by atomic mass is 10.3. The topological polar surface area (TPSA) is 32.3 Å². The molecule has 0 spiro atoms. The summed E-state index contributed by atoms with van der Waals surface area (Å²) >= 11 is 1.94. The standard InChI is InChI=1S/C10H22N2OS/c1-5-14-8-6-7-11-9(2)10(13)12(3)4/h9,11H,5-8H2,1-4H3. The van der Waals surface area contributed by atoms with E-state index in [9.17, 15) is 4.79 Å². The van der Waals surface area contributed by atoms with Crippen LogP contribution in [0.4, 0.5) is 0 Å². The molecule has 0 bridgehead atoms. The van der Waals surface area contributed by atoms with Crippen LogP contribution in [0.5, 0.6) is 0 Å². The zero-order valence-electron chi connectivity index (χ0n) is 9.67. The van der Waals surface area contributed by atoms with E-state index in [1.807, 2.05) is 18.7 Å². The molecule has 0 rings (SSSR count). The molecular formula is C10H22N2OS. The molecule has 1 amide bonds. The normalized spacial score (nSPS) is 12.6. The Kier molecular flexibility index (Phi) is 7.99. The average Bonchev–Trinajstić information content (AvgIpc) is 2.16. The van der Waals surface area contributed by atoms with Crippen molar-refractivity contribution in [2.45, 2.75) is 26.3 Å². The highest BCUT2D eigenvalue weighted by Gasteiger charge is 2.12. The van der Waals surface area contributed by atoms with Crippen LogP contribution in [0.1, 0.15) is 20.3 Å². The summed E-state index contributed by atoms with van der Waals surface area (Å²) in [4.78, 5) is 13.0. The van der Waals surface area contributed by atoms with Gasteiger partial charge in [0.25, 0.3) is 0 Å². The summed E-state index contributed by atoms with van der Waals surface area (Å²) < 4.78 is 0. The van der Waals surface area contributed by atoms with Gasteiger partial charge in [0, 0.05) is 14.1 Å². The van der Waals surface area contributed by atoms with Crippen molar-refractivity contribution >= 4 is 17.7 Å². The summed E-state index contributed by atoms with van der Waals surface area (Å²) in [6.45, 7) is 5.00. The highest BCUT2D eigenvalue weighted by atomic mass is 32.2. The largest absolute Gasteiger partial charge is 0.347 e. The lowest BCUT2D eigenvalue weighted by Crippen LogP contribution is -2.41. The predicted molar refractivity (Wildman–Crippen MR) is 63.8 cm³/mol. The van der Waals surface area contributed by atoms with Crippen LogP contribution in [0, 0.1) is 0 Å². The lowest BCUT2D eigenvalue weighted by Gasteiger charge is -2.17. The monoisotopic (exact) mass is 218 g/mol. The molecule has 3 nitrogen and oxygen atoms in total. The van der Waals surface area contributed by atoms with Gasteiger partial charge in [0.1, 0.15) is 0 Å². The van der Waals surface area contributed by atoms with Gasteiger partial charge in [0.05, 0.1) is 6.04 Å². The number of hydrogen-bond acceptors (Lipinski definition) is 3. The molecule has 0 aromatic rings. The molecule has 1 N–H and O–H groups in total. The Bertz CT molecular complexity index is 162. The molecule has 0 aliphatic heterocycles. The Morgan fingerprint density at radius 1 is 1.50 bits per heavy atom. The van der Waals surface area contributed by atoms with Gasteiger partial charge in [0.15, 0.2) is 0 Å². The molecule has 0 radical (unpaired) electrons. The number of thioether (sulfide) groups is 1. The first-order valence-corrected chi connectivity index (χ1v) is 6.27. The van der Waals surface area contributed by atoms with E-state index in [2.05, 4.69) is 12.2 Å². The average molecular weight is 218 g/mol. The fourth-order valence-corrected chi connectivity index (χ4v) is 1.75. The SMILES string of the molecule is CCSCCCNC(C)C(=O)N(C)C. The van der Waals surface area contributed by atoms with Gasteiger partial charge in [-0.2, -0.15) is 11.8 Å². The van der Waals surface area contributed by atoms with E-state index in [1.54, 1.807) is 19.0 Å². The Hall–Kier alpha value is -0.220. The van der Waals surface area contributed by atoms with Crippen LogP contribution in [0.25, 0.3) is 0 Å². The van der Waals surface area contributed by atoms with E-state index in [-0.39, 0.29) is 11.9 Å². The number of nitrogens with zero attached hydrogens (tertiary/aromatic N) is 1. The third kappa shape index (κ3) is 6.27. The maximum atomic E-state index is 11.4. The van der Waals surface area contributed by atoms with Gasteiger partial charge in [-0.1, -0.05) is 6.92 Å². The van der Waals surface area contributed by atoms with Gasteiger partial charge in [0.2, 0.25) is 5.91 Å². The first-order valence-electron chi connectivity index (χ1n) is 5.11. The zero-order chi connectivity index (χ0) is 11.0. The second kappa shape index (κ2) is 8.12. The number of carbonyl (C=O) groups is 1. The highest BCUT2D eigenvalue weighted by molar-refractivity contribution is 7.99. The van der Waals surface area contributed by atoms with E-state index in [4.69, 9.17) is 0 Å². The first kappa shape index (κ1) is 13.8. The third-order valence-electron chi connectivity index (χ3n) is 1.93. The van der Waals surface area contributed by atoms with Crippen LogP contribution in [-0.2, 0) is 4.79 Å². The Labute approximate surface area is 91.6 Å². The van der Waals surface area contributed by atoms with E-state index in [0.717, 1.165) is 13.0 Å². The van der Waals surface area contributed by atoms with Crippen LogP contribution in [0.2, 0.25) is 0 Å².